The Labute approximate surface area is 115 Å². The molecule has 1 aliphatic heterocycles. The highest BCUT2D eigenvalue weighted by atomic mass is 32.2. The molecule has 0 bridgehead atoms. The Morgan fingerprint density at radius 1 is 1.44 bits per heavy atom. The van der Waals surface area contributed by atoms with E-state index < -0.39 is 8.32 Å². The van der Waals surface area contributed by atoms with Crippen LogP contribution >= 0.6 is 11.8 Å². The second kappa shape index (κ2) is 6.72. The van der Waals surface area contributed by atoms with Gasteiger partial charge in [-0.15, -0.1) is 11.8 Å². The van der Waals surface area contributed by atoms with Crippen molar-refractivity contribution in [2.45, 2.75) is 44.2 Å². The summed E-state index contributed by atoms with van der Waals surface area (Å²) in [7, 11) is 0.0661. The molecule has 0 aromatic rings. The van der Waals surface area contributed by atoms with Gasteiger partial charge in [0, 0.05) is 20.1 Å². The molecule has 1 heterocycles. The predicted octanol–water partition coefficient (Wildman–Crippen LogP) is 2.11. The minimum atomic E-state index is -1.50. The molecule has 0 aliphatic carbocycles. The van der Waals surface area contributed by atoms with Crippen molar-refractivity contribution in [2.75, 3.05) is 19.4 Å². The molecule has 1 saturated heterocycles. The largest absolute Gasteiger partial charge is 0.418 e. The van der Waals surface area contributed by atoms with E-state index in [9.17, 15) is 9.59 Å². The zero-order valence-electron chi connectivity index (χ0n) is 11.7. The molecular formula is C12H23NO3SSi. The van der Waals surface area contributed by atoms with Crippen molar-refractivity contribution in [3.8, 4) is 0 Å². The van der Waals surface area contributed by atoms with Crippen molar-refractivity contribution in [1.29, 1.82) is 0 Å². The number of hydrogen-bond acceptors (Lipinski definition) is 4. The standard InChI is InChI=1S/C12H23NO3SSi/c1-5-16-18(3,4)8-6-7-17-10-9-11(14)13(2)12(10)15/h10H,5-9H2,1-4H3. The van der Waals surface area contributed by atoms with Crippen LogP contribution in [0.5, 0.6) is 0 Å². The molecule has 0 spiro atoms. The lowest BCUT2D eigenvalue weighted by molar-refractivity contribution is -0.136. The molecule has 4 nitrogen and oxygen atoms in total. The number of imide groups is 1. The monoisotopic (exact) mass is 289 g/mol. The Bertz CT molecular complexity index is 322. The molecule has 0 N–H and O–H groups in total. The van der Waals surface area contributed by atoms with Gasteiger partial charge in [-0.3, -0.25) is 14.5 Å². The van der Waals surface area contributed by atoms with Crippen molar-refractivity contribution in [1.82, 2.24) is 4.90 Å². The average Bonchev–Trinajstić information content (AvgIpc) is 2.52. The van der Waals surface area contributed by atoms with E-state index in [1.165, 1.54) is 4.90 Å². The van der Waals surface area contributed by atoms with Gasteiger partial charge in [-0.1, -0.05) is 0 Å². The van der Waals surface area contributed by atoms with E-state index in [4.69, 9.17) is 4.43 Å². The fourth-order valence-electron chi connectivity index (χ4n) is 2.04. The summed E-state index contributed by atoms with van der Waals surface area (Å²) in [6, 6.07) is 1.11. The van der Waals surface area contributed by atoms with E-state index >= 15 is 0 Å². The number of likely N-dealkylation sites (tertiary alicyclic amines) is 1. The fourth-order valence-corrected chi connectivity index (χ4v) is 5.41. The number of carbonyl (C=O) groups is 2. The van der Waals surface area contributed by atoms with Crippen molar-refractivity contribution in [2.24, 2.45) is 0 Å². The van der Waals surface area contributed by atoms with Crippen molar-refractivity contribution >= 4 is 31.9 Å². The zero-order chi connectivity index (χ0) is 13.8. The Morgan fingerprint density at radius 3 is 2.61 bits per heavy atom. The number of nitrogens with zero attached hydrogens (tertiary/aromatic N) is 1. The molecule has 0 aromatic heterocycles. The molecule has 0 radical (unpaired) electrons. The van der Waals surface area contributed by atoms with Gasteiger partial charge in [0.25, 0.3) is 0 Å². The Morgan fingerprint density at radius 2 is 2.11 bits per heavy atom. The number of amides is 2. The van der Waals surface area contributed by atoms with Crippen LogP contribution in [0.2, 0.25) is 19.1 Å². The third kappa shape index (κ3) is 4.40. The Kier molecular flexibility index (Phi) is 5.87. The minimum Gasteiger partial charge on any atom is -0.418 e. The zero-order valence-corrected chi connectivity index (χ0v) is 13.5. The van der Waals surface area contributed by atoms with Crippen LogP contribution in [-0.4, -0.2) is 49.7 Å². The smallest absolute Gasteiger partial charge is 0.242 e. The van der Waals surface area contributed by atoms with Crippen LogP contribution in [0.15, 0.2) is 0 Å². The molecule has 1 unspecified atom stereocenters. The van der Waals surface area contributed by atoms with Gasteiger partial charge in [-0.05, 0) is 38.2 Å². The highest BCUT2D eigenvalue weighted by Gasteiger charge is 2.36. The summed E-state index contributed by atoms with van der Waals surface area (Å²) < 4.78 is 5.76. The van der Waals surface area contributed by atoms with Gasteiger partial charge >= 0.3 is 0 Å². The Balaban J connectivity index is 2.23. The van der Waals surface area contributed by atoms with Crippen LogP contribution in [0.25, 0.3) is 0 Å². The molecule has 0 saturated carbocycles. The van der Waals surface area contributed by atoms with E-state index in [0.717, 1.165) is 24.8 Å². The number of rotatable bonds is 7. The number of thioether (sulfide) groups is 1. The number of hydrogen-bond donors (Lipinski definition) is 0. The molecule has 0 aromatic carbocycles. The van der Waals surface area contributed by atoms with Gasteiger partial charge in [0.15, 0.2) is 8.32 Å². The summed E-state index contributed by atoms with van der Waals surface area (Å²) in [6.07, 6.45) is 1.43. The third-order valence-corrected chi connectivity index (χ3v) is 7.04. The van der Waals surface area contributed by atoms with Gasteiger partial charge in [0.05, 0.1) is 5.25 Å². The summed E-state index contributed by atoms with van der Waals surface area (Å²) in [5, 5.41) is -0.153. The summed E-state index contributed by atoms with van der Waals surface area (Å²) in [5.41, 5.74) is 0. The van der Waals surface area contributed by atoms with Crippen LogP contribution in [0.3, 0.4) is 0 Å². The summed E-state index contributed by atoms with van der Waals surface area (Å²) in [5.74, 6) is 0.842. The van der Waals surface area contributed by atoms with E-state index in [2.05, 4.69) is 13.1 Å². The molecule has 6 heteroatoms. The van der Waals surface area contributed by atoms with Crippen LogP contribution in [0.4, 0.5) is 0 Å². The van der Waals surface area contributed by atoms with Crippen LogP contribution in [0, 0.1) is 0 Å². The first-order valence-electron chi connectivity index (χ1n) is 6.43. The molecule has 1 rings (SSSR count). The maximum absolute atomic E-state index is 11.7. The van der Waals surface area contributed by atoms with Crippen LogP contribution in [0.1, 0.15) is 19.8 Å². The SMILES string of the molecule is CCO[Si](C)(C)CCCSC1CC(=O)N(C)C1=O. The minimum absolute atomic E-state index is 0.0358. The van der Waals surface area contributed by atoms with E-state index in [1.807, 2.05) is 6.92 Å². The maximum atomic E-state index is 11.7. The van der Waals surface area contributed by atoms with E-state index in [-0.39, 0.29) is 17.1 Å². The molecule has 2 amide bonds. The molecule has 18 heavy (non-hydrogen) atoms. The van der Waals surface area contributed by atoms with Gasteiger partial charge in [0.2, 0.25) is 11.8 Å². The van der Waals surface area contributed by atoms with Crippen molar-refractivity contribution in [3.63, 3.8) is 0 Å². The lowest BCUT2D eigenvalue weighted by atomic mass is 10.4. The fraction of sp³-hybridized carbons (Fsp3) is 0.833. The molecule has 1 aliphatic rings. The van der Waals surface area contributed by atoms with Gasteiger partial charge < -0.3 is 4.43 Å². The lowest BCUT2D eigenvalue weighted by Gasteiger charge is -2.21. The topological polar surface area (TPSA) is 46.6 Å². The molecule has 1 fully saturated rings. The predicted molar refractivity (Wildman–Crippen MR) is 77.2 cm³/mol. The van der Waals surface area contributed by atoms with E-state index in [0.29, 0.717) is 6.42 Å². The summed E-state index contributed by atoms with van der Waals surface area (Å²) >= 11 is 1.61. The molecule has 1 atom stereocenters. The third-order valence-electron chi connectivity index (χ3n) is 3.12. The quantitative estimate of drug-likeness (QED) is 0.409. The highest BCUT2D eigenvalue weighted by molar-refractivity contribution is 8.00. The average molecular weight is 289 g/mol. The molecular weight excluding hydrogens is 266 g/mol. The van der Waals surface area contributed by atoms with Crippen LogP contribution < -0.4 is 0 Å². The summed E-state index contributed by atoms with van der Waals surface area (Å²) in [4.78, 5) is 24.3. The normalized spacial score (nSPS) is 20.9. The first kappa shape index (κ1) is 15.7. The Hall–Kier alpha value is -0.333. The second-order valence-electron chi connectivity index (χ2n) is 5.15. The van der Waals surface area contributed by atoms with Gasteiger partial charge in [0.1, 0.15) is 0 Å². The highest BCUT2D eigenvalue weighted by Crippen LogP contribution is 2.26. The first-order valence-corrected chi connectivity index (χ1v) is 10.6. The second-order valence-corrected chi connectivity index (χ2v) is 10.8. The maximum Gasteiger partial charge on any atom is 0.242 e. The van der Waals surface area contributed by atoms with Crippen molar-refractivity contribution in [3.05, 3.63) is 0 Å². The lowest BCUT2D eigenvalue weighted by Crippen LogP contribution is -2.30. The van der Waals surface area contributed by atoms with Gasteiger partial charge in [-0.2, -0.15) is 0 Å². The van der Waals surface area contributed by atoms with Crippen molar-refractivity contribution < 1.29 is 14.0 Å². The number of carbonyl (C=O) groups excluding carboxylic acids is 2. The van der Waals surface area contributed by atoms with Gasteiger partial charge in [-0.25, -0.2) is 0 Å². The van der Waals surface area contributed by atoms with E-state index in [1.54, 1.807) is 18.8 Å². The molecule has 104 valence electrons. The first-order chi connectivity index (χ1) is 8.37. The summed E-state index contributed by atoms with van der Waals surface area (Å²) in [6.45, 7) is 7.26. The van der Waals surface area contributed by atoms with Crippen LogP contribution in [-0.2, 0) is 14.0 Å².